The maximum absolute atomic E-state index is 13.2. The quantitative estimate of drug-likeness (QED) is 0.817. The van der Waals surface area contributed by atoms with Gasteiger partial charge in [-0.3, -0.25) is 14.5 Å². The highest BCUT2D eigenvalue weighted by Gasteiger charge is 2.37. The van der Waals surface area contributed by atoms with E-state index in [1.807, 2.05) is 22.7 Å². The number of anilines is 1. The Morgan fingerprint density at radius 3 is 2.73 bits per heavy atom. The number of ether oxygens (including phenoxy) is 1. The van der Waals surface area contributed by atoms with E-state index < -0.39 is 0 Å². The predicted octanol–water partition coefficient (Wildman–Crippen LogP) is 1.03. The van der Waals surface area contributed by atoms with E-state index in [-0.39, 0.29) is 17.9 Å². The van der Waals surface area contributed by atoms with Gasteiger partial charge < -0.3 is 14.5 Å². The molecule has 0 aromatic carbocycles. The second-order valence-corrected chi connectivity index (χ2v) is 6.80. The monoisotopic (exact) mass is 356 g/mol. The van der Waals surface area contributed by atoms with E-state index in [0.717, 1.165) is 37.4 Å². The molecule has 4 heterocycles. The Balaban J connectivity index is 1.43. The van der Waals surface area contributed by atoms with Crippen molar-refractivity contribution in [3.8, 4) is 0 Å². The van der Waals surface area contributed by atoms with E-state index in [9.17, 15) is 4.79 Å². The maximum Gasteiger partial charge on any atom is 0.228 e. The summed E-state index contributed by atoms with van der Waals surface area (Å²) in [4.78, 5) is 25.8. The molecule has 4 rings (SSSR count). The second kappa shape index (κ2) is 7.41. The molecule has 138 valence electrons. The Labute approximate surface area is 152 Å². The van der Waals surface area contributed by atoms with E-state index in [1.54, 1.807) is 24.8 Å². The van der Waals surface area contributed by atoms with E-state index in [0.29, 0.717) is 19.7 Å². The molecule has 26 heavy (non-hydrogen) atoms. The fourth-order valence-corrected chi connectivity index (χ4v) is 3.83. The summed E-state index contributed by atoms with van der Waals surface area (Å²) in [6, 6.07) is 1.95. The van der Waals surface area contributed by atoms with Gasteiger partial charge in [-0.15, -0.1) is 0 Å². The summed E-state index contributed by atoms with van der Waals surface area (Å²) in [7, 11) is 1.90. The van der Waals surface area contributed by atoms with E-state index >= 15 is 0 Å². The zero-order chi connectivity index (χ0) is 17.9. The van der Waals surface area contributed by atoms with Crippen molar-refractivity contribution in [2.45, 2.75) is 18.9 Å². The lowest BCUT2D eigenvalue weighted by Crippen LogP contribution is -2.52. The molecule has 2 atom stereocenters. The van der Waals surface area contributed by atoms with Crippen LogP contribution < -0.4 is 4.90 Å². The topological polar surface area (TPSA) is 76.4 Å². The van der Waals surface area contributed by atoms with Crippen LogP contribution in [0.25, 0.3) is 0 Å². The maximum atomic E-state index is 13.2. The van der Waals surface area contributed by atoms with Crippen molar-refractivity contribution in [2.24, 2.45) is 13.0 Å². The van der Waals surface area contributed by atoms with Crippen LogP contribution in [0.15, 0.2) is 30.9 Å². The number of amides is 1. The van der Waals surface area contributed by atoms with Crippen molar-refractivity contribution in [2.75, 3.05) is 37.7 Å². The summed E-state index contributed by atoms with van der Waals surface area (Å²) >= 11 is 0. The molecule has 2 aromatic heterocycles. The third kappa shape index (κ3) is 3.29. The highest BCUT2D eigenvalue weighted by atomic mass is 16.5. The largest absolute Gasteiger partial charge is 0.371 e. The lowest BCUT2D eigenvalue weighted by molar-refractivity contribution is -0.146. The van der Waals surface area contributed by atoms with Crippen LogP contribution in [0, 0.1) is 5.92 Å². The Morgan fingerprint density at radius 1 is 1.19 bits per heavy atom. The van der Waals surface area contributed by atoms with Crippen LogP contribution in [0.2, 0.25) is 0 Å². The van der Waals surface area contributed by atoms with Crippen LogP contribution in [0.1, 0.15) is 24.6 Å². The summed E-state index contributed by atoms with van der Waals surface area (Å²) in [5.41, 5.74) is 0.973. The minimum absolute atomic E-state index is 0.137. The van der Waals surface area contributed by atoms with Gasteiger partial charge in [-0.25, -0.2) is 4.98 Å². The number of aromatic nitrogens is 4. The minimum atomic E-state index is -0.207. The second-order valence-electron chi connectivity index (χ2n) is 6.80. The van der Waals surface area contributed by atoms with Crippen molar-refractivity contribution in [1.82, 2.24) is 24.6 Å². The molecular weight excluding hydrogens is 332 g/mol. The molecule has 0 saturated carbocycles. The Morgan fingerprint density at radius 2 is 2.04 bits per heavy atom. The van der Waals surface area contributed by atoms with Gasteiger partial charge in [-0.05, 0) is 18.9 Å². The molecule has 0 radical (unpaired) electrons. The average molecular weight is 356 g/mol. The molecular formula is C18H24N6O2. The Hall–Kier alpha value is -2.48. The number of rotatable bonds is 3. The smallest absolute Gasteiger partial charge is 0.228 e. The number of carbonyl (C=O) groups excluding carboxylic acids is 1. The standard InChI is InChI=1S/C18H24N6O2/c1-22-15(4-5-21-22)17-14(3-2-12-26-17)18(25)24-10-8-23(9-11-24)16-13-19-6-7-20-16/h4-7,13-14,17H,2-3,8-12H2,1H3/t14-,17-/m1/s1. The van der Waals surface area contributed by atoms with Crippen LogP contribution >= 0.6 is 0 Å². The van der Waals surface area contributed by atoms with Crippen LogP contribution in [0.4, 0.5) is 5.82 Å². The van der Waals surface area contributed by atoms with Crippen molar-refractivity contribution >= 4 is 11.7 Å². The number of nitrogens with zero attached hydrogens (tertiary/aromatic N) is 6. The summed E-state index contributed by atoms with van der Waals surface area (Å²) in [5, 5.41) is 4.23. The molecule has 0 N–H and O–H groups in total. The van der Waals surface area contributed by atoms with Gasteiger partial charge in [-0.2, -0.15) is 5.10 Å². The number of hydrogen-bond acceptors (Lipinski definition) is 6. The van der Waals surface area contributed by atoms with Crippen LogP contribution in [0.3, 0.4) is 0 Å². The van der Waals surface area contributed by atoms with E-state index in [4.69, 9.17) is 4.74 Å². The van der Waals surface area contributed by atoms with Gasteiger partial charge in [0.1, 0.15) is 11.9 Å². The van der Waals surface area contributed by atoms with Gasteiger partial charge in [-0.1, -0.05) is 0 Å². The molecule has 0 bridgehead atoms. The average Bonchev–Trinajstić information content (AvgIpc) is 3.14. The van der Waals surface area contributed by atoms with E-state index in [1.165, 1.54) is 0 Å². The molecule has 0 spiro atoms. The number of piperazine rings is 1. The summed E-state index contributed by atoms with van der Waals surface area (Å²) in [6.45, 7) is 3.64. The van der Waals surface area contributed by atoms with Crippen LogP contribution in [0.5, 0.6) is 0 Å². The fourth-order valence-electron chi connectivity index (χ4n) is 3.83. The first-order valence-electron chi connectivity index (χ1n) is 9.13. The first-order valence-corrected chi connectivity index (χ1v) is 9.13. The van der Waals surface area contributed by atoms with Crippen molar-refractivity contribution in [3.05, 3.63) is 36.5 Å². The van der Waals surface area contributed by atoms with Gasteiger partial charge in [0.05, 0.1) is 17.8 Å². The first kappa shape index (κ1) is 17.0. The van der Waals surface area contributed by atoms with E-state index in [2.05, 4.69) is 20.0 Å². The van der Waals surface area contributed by atoms with Gasteiger partial charge in [0.15, 0.2) is 0 Å². The lowest BCUT2D eigenvalue weighted by Gasteiger charge is -2.39. The normalized spacial score (nSPS) is 23.9. The molecule has 1 amide bonds. The van der Waals surface area contributed by atoms with Gasteiger partial charge in [0, 0.05) is 58.4 Å². The zero-order valence-corrected chi connectivity index (χ0v) is 15.0. The summed E-state index contributed by atoms with van der Waals surface area (Å²) < 4.78 is 7.79. The first-order chi connectivity index (χ1) is 12.7. The summed E-state index contributed by atoms with van der Waals surface area (Å²) in [5.74, 6) is 0.922. The Kier molecular flexibility index (Phi) is 4.83. The van der Waals surface area contributed by atoms with Crippen LogP contribution in [-0.2, 0) is 16.6 Å². The summed E-state index contributed by atoms with van der Waals surface area (Å²) in [6.07, 6.45) is 8.47. The number of carbonyl (C=O) groups is 1. The highest BCUT2D eigenvalue weighted by Crippen LogP contribution is 2.34. The zero-order valence-electron chi connectivity index (χ0n) is 15.0. The number of hydrogen-bond donors (Lipinski definition) is 0. The van der Waals surface area contributed by atoms with Crippen molar-refractivity contribution < 1.29 is 9.53 Å². The molecule has 2 saturated heterocycles. The van der Waals surface area contributed by atoms with Gasteiger partial charge >= 0.3 is 0 Å². The van der Waals surface area contributed by atoms with Gasteiger partial charge in [0.2, 0.25) is 5.91 Å². The molecule has 0 aliphatic carbocycles. The molecule has 0 unspecified atom stereocenters. The van der Waals surface area contributed by atoms with Gasteiger partial charge in [0.25, 0.3) is 0 Å². The SMILES string of the molecule is Cn1nccc1[C@@H]1OCCC[C@H]1C(=O)N1CCN(c2cnccn2)CC1. The molecule has 2 fully saturated rings. The fraction of sp³-hybridized carbons (Fsp3) is 0.556. The third-order valence-electron chi connectivity index (χ3n) is 5.25. The number of aryl methyl sites for hydroxylation is 1. The lowest BCUT2D eigenvalue weighted by atomic mass is 9.90. The molecule has 8 heteroatoms. The van der Waals surface area contributed by atoms with Crippen molar-refractivity contribution in [1.29, 1.82) is 0 Å². The molecule has 2 aromatic rings. The highest BCUT2D eigenvalue weighted by molar-refractivity contribution is 5.80. The third-order valence-corrected chi connectivity index (χ3v) is 5.25. The minimum Gasteiger partial charge on any atom is -0.371 e. The molecule has 8 nitrogen and oxygen atoms in total. The molecule has 2 aliphatic heterocycles. The van der Waals surface area contributed by atoms with Crippen LogP contribution in [-0.4, -0.2) is 63.3 Å². The molecule has 2 aliphatic rings. The predicted molar refractivity (Wildman–Crippen MR) is 95.5 cm³/mol. The Bertz CT molecular complexity index is 741. The van der Waals surface area contributed by atoms with Crippen molar-refractivity contribution in [3.63, 3.8) is 0 Å².